The summed E-state index contributed by atoms with van der Waals surface area (Å²) in [4.78, 5) is 29.2. The molecule has 0 bridgehead atoms. The normalized spacial score (nSPS) is 15.7. The van der Waals surface area contributed by atoms with Gasteiger partial charge in [-0.1, -0.05) is 19.6 Å². The number of likely N-dealkylation sites (tertiary alicyclic amines) is 1. The highest BCUT2D eigenvalue weighted by atomic mass is 28.3. The summed E-state index contributed by atoms with van der Waals surface area (Å²) < 4.78 is 13.0. The van der Waals surface area contributed by atoms with Gasteiger partial charge in [0.15, 0.2) is 6.29 Å². The minimum Gasteiger partial charge on any atom is -0.444 e. The first-order chi connectivity index (χ1) is 12.0. The van der Waals surface area contributed by atoms with Crippen LogP contribution in [0.2, 0.25) is 25.7 Å². The fourth-order valence-corrected chi connectivity index (χ4v) is 3.35. The molecular weight excluding hydrogens is 350 g/mol. The van der Waals surface area contributed by atoms with Crippen LogP contribution in [-0.4, -0.2) is 60.2 Å². The monoisotopic (exact) mass is 381 g/mol. The van der Waals surface area contributed by atoms with Gasteiger partial charge in [0, 0.05) is 34.0 Å². The van der Waals surface area contributed by atoms with Crippen LogP contribution >= 0.6 is 0 Å². The molecule has 26 heavy (non-hydrogen) atoms. The van der Waals surface area contributed by atoms with E-state index in [4.69, 9.17) is 9.47 Å². The van der Waals surface area contributed by atoms with Crippen LogP contribution in [0.1, 0.15) is 43.0 Å². The van der Waals surface area contributed by atoms with Gasteiger partial charge in [0.05, 0.1) is 5.92 Å². The second-order valence-corrected chi connectivity index (χ2v) is 14.7. The molecule has 146 valence electrons. The average molecular weight is 382 g/mol. The zero-order valence-corrected chi connectivity index (χ0v) is 17.7. The van der Waals surface area contributed by atoms with Crippen LogP contribution in [0, 0.1) is 0 Å². The topological polar surface area (TPSA) is 73.7 Å². The van der Waals surface area contributed by atoms with Crippen molar-refractivity contribution < 1.29 is 19.1 Å². The van der Waals surface area contributed by atoms with E-state index in [0.717, 1.165) is 18.2 Å². The minimum absolute atomic E-state index is 0.0943. The molecule has 0 aliphatic carbocycles. The molecule has 1 aliphatic rings. The molecule has 2 rings (SSSR count). The van der Waals surface area contributed by atoms with Gasteiger partial charge in [-0.2, -0.15) is 0 Å². The lowest BCUT2D eigenvalue weighted by atomic mass is 10.00. The van der Waals surface area contributed by atoms with Crippen LogP contribution in [0.5, 0.6) is 0 Å². The Hall–Kier alpha value is -1.67. The molecule has 1 aliphatic heterocycles. The lowest BCUT2D eigenvalue weighted by Gasteiger charge is -2.39. The Labute approximate surface area is 156 Å². The first-order valence-electron chi connectivity index (χ1n) is 9.06. The van der Waals surface area contributed by atoms with Crippen molar-refractivity contribution in [3.05, 3.63) is 17.7 Å². The Morgan fingerprint density at radius 1 is 1.35 bits per heavy atom. The number of aromatic nitrogens is 2. The molecule has 0 spiro atoms. The second-order valence-electron chi connectivity index (χ2n) is 9.04. The Bertz CT molecular complexity index is 640. The van der Waals surface area contributed by atoms with Crippen LogP contribution in [0.15, 0.2) is 6.20 Å². The molecule has 0 aromatic carbocycles. The number of ether oxygens (including phenoxy) is 2. The summed E-state index contributed by atoms with van der Waals surface area (Å²) in [6.45, 7) is 14.6. The Morgan fingerprint density at radius 2 is 2.00 bits per heavy atom. The third-order valence-corrected chi connectivity index (χ3v) is 5.78. The average Bonchev–Trinajstić information content (AvgIpc) is 2.82. The zero-order valence-electron chi connectivity index (χ0n) is 16.7. The minimum atomic E-state index is -1.13. The van der Waals surface area contributed by atoms with Gasteiger partial charge in [0.25, 0.3) is 0 Å². The number of carbonyl (C=O) groups is 2. The zero-order chi connectivity index (χ0) is 19.5. The molecule has 0 saturated carbocycles. The van der Waals surface area contributed by atoms with Crippen LogP contribution < -0.4 is 0 Å². The summed E-state index contributed by atoms with van der Waals surface area (Å²) in [6.07, 6.45) is 2.15. The van der Waals surface area contributed by atoms with Gasteiger partial charge in [0.2, 0.25) is 0 Å². The standard InChI is InChI=1S/C18H31N3O4Si/c1-18(2,3)25-17(23)20-9-14(10-20)16-19-15(12-22)11-21(16)13-24-7-8-26(4,5)6/h11-12,14H,7-10,13H2,1-6H3. The van der Waals surface area contributed by atoms with Gasteiger partial charge in [-0.25, -0.2) is 9.78 Å². The van der Waals surface area contributed by atoms with E-state index in [-0.39, 0.29) is 12.0 Å². The number of carbonyl (C=O) groups excluding carboxylic acids is 2. The van der Waals surface area contributed by atoms with Gasteiger partial charge >= 0.3 is 6.09 Å². The molecule has 7 nitrogen and oxygen atoms in total. The van der Waals surface area contributed by atoms with Crippen molar-refractivity contribution in [1.29, 1.82) is 0 Å². The van der Waals surface area contributed by atoms with E-state index in [2.05, 4.69) is 24.6 Å². The van der Waals surface area contributed by atoms with E-state index in [1.54, 1.807) is 11.1 Å². The smallest absolute Gasteiger partial charge is 0.410 e. The van der Waals surface area contributed by atoms with Gasteiger partial charge in [-0.15, -0.1) is 0 Å². The Morgan fingerprint density at radius 3 is 2.54 bits per heavy atom. The maximum atomic E-state index is 12.1. The van der Waals surface area contributed by atoms with Gasteiger partial charge < -0.3 is 18.9 Å². The Balaban J connectivity index is 1.92. The van der Waals surface area contributed by atoms with Gasteiger partial charge in [-0.3, -0.25) is 4.79 Å². The molecule has 1 aromatic rings. The fourth-order valence-electron chi connectivity index (χ4n) is 2.60. The molecule has 1 aromatic heterocycles. The van der Waals surface area contributed by atoms with E-state index in [1.165, 1.54) is 0 Å². The third kappa shape index (κ3) is 5.95. The molecule has 0 atom stereocenters. The van der Waals surface area contributed by atoms with Crippen LogP contribution in [0.25, 0.3) is 0 Å². The largest absolute Gasteiger partial charge is 0.444 e. The van der Waals surface area contributed by atoms with E-state index in [1.807, 2.05) is 25.3 Å². The maximum absolute atomic E-state index is 12.1. The molecule has 1 saturated heterocycles. The Kier molecular flexibility index (Phi) is 6.28. The molecule has 0 N–H and O–H groups in total. The highest BCUT2D eigenvalue weighted by Crippen LogP contribution is 2.28. The number of hydrogen-bond acceptors (Lipinski definition) is 5. The second kappa shape index (κ2) is 7.92. The summed E-state index contributed by atoms with van der Waals surface area (Å²) >= 11 is 0. The summed E-state index contributed by atoms with van der Waals surface area (Å²) in [7, 11) is -1.13. The maximum Gasteiger partial charge on any atom is 0.410 e. The van der Waals surface area contributed by atoms with Crippen molar-refractivity contribution in [2.75, 3.05) is 19.7 Å². The van der Waals surface area contributed by atoms with Crippen molar-refractivity contribution in [2.45, 2.75) is 64.7 Å². The molecule has 8 heteroatoms. The number of nitrogens with zero attached hydrogens (tertiary/aromatic N) is 3. The first-order valence-corrected chi connectivity index (χ1v) is 12.8. The SMILES string of the molecule is CC(C)(C)OC(=O)N1CC(c2nc(C=O)cn2COCC[Si](C)(C)C)C1. The van der Waals surface area contributed by atoms with E-state index in [9.17, 15) is 9.59 Å². The lowest BCUT2D eigenvalue weighted by molar-refractivity contribution is 0.00631. The van der Waals surface area contributed by atoms with Gasteiger partial charge in [-0.05, 0) is 26.8 Å². The van der Waals surface area contributed by atoms with E-state index in [0.29, 0.717) is 32.1 Å². The van der Waals surface area contributed by atoms with Crippen LogP contribution in [-0.2, 0) is 16.2 Å². The third-order valence-electron chi connectivity index (χ3n) is 4.07. The molecule has 1 amide bonds. The lowest BCUT2D eigenvalue weighted by Crippen LogP contribution is -2.51. The quantitative estimate of drug-likeness (QED) is 0.411. The fraction of sp³-hybridized carbons (Fsp3) is 0.722. The summed E-state index contributed by atoms with van der Waals surface area (Å²) in [5.74, 6) is 0.886. The summed E-state index contributed by atoms with van der Waals surface area (Å²) in [5.41, 5.74) is -0.111. The summed E-state index contributed by atoms with van der Waals surface area (Å²) in [5, 5.41) is 0. The predicted molar refractivity (Wildman–Crippen MR) is 102 cm³/mol. The van der Waals surface area contributed by atoms with Crippen molar-refractivity contribution in [1.82, 2.24) is 14.5 Å². The number of imidazole rings is 1. The van der Waals surface area contributed by atoms with Crippen LogP contribution in [0.3, 0.4) is 0 Å². The molecule has 0 radical (unpaired) electrons. The summed E-state index contributed by atoms with van der Waals surface area (Å²) in [6, 6.07) is 1.09. The highest BCUT2D eigenvalue weighted by Gasteiger charge is 2.37. The van der Waals surface area contributed by atoms with E-state index < -0.39 is 13.7 Å². The number of hydrogen-bond donors (Lipinski definition) is 0. The van der Waals surface area contributed by atoms with E-state index >= 15 is 0 Å². The number of aldehydes is 1. The highest BCUT2D eigenvalue weighted by molar-refractivity contribution is 6.76. The molecular formula is C18H31N3O4Si. The number of amides is 1. The predicted octanol–water partition coefficient (Wildman–Crippen LogP) is 3.34. The van der Waals surface area contributed by atoms with Crippen molar-refractivity contribution in [3.8, 4) is 0 Å². The van der Waals surface area contributed by atoms with Crippen molar-refractivity contribution in [2.24, 2.45) is 0 Å². The van der Waals surface area contributed by atoms with Gasteiger partial charge in [0.1, 0.15) is 23.9 Å². The molecule has 2 heterocycles. The number of rotatable bonds is 7. The molecule has 1 fully saturated rings. The first kappa shape index (κ1) is 20.6. The molecule has 0 unspecified atom stereocenters. The van der Waals surface area contributed by atoms with Crippen LogP contribution in [0.4, 0.5) is 4.79 Å². The van der Waals surface area contributed by atoms with Crippen molar-refractivity contribution in [3.63, 3.8) is 0 Å². The van der Waals surface area contributed by atoms with Crippen molar-refractivity contribution >= 4 is 20.5 Å².